The fourth-order valence-electron chi connectivity index (χ4n) is 3.51. The first-order valence-corrected chi connectivity index (χ1v) is 7.03. The first-order chi connectivity index (χ1) is 7.62. The third-order valence-electron chi connectivity index (χ3n) is 4.64. The molecule has 1 heterocycles. The van der Waals surface area contributed by atoms with E-state index < -0.39 is 0 Å². The zero-order valence-corrected chi connectivity index (χ0v) is 11.3. The lowest BCUT2D eigenvalue weighted by atomic mass is 9.75. The molecule has 1 aliphatic heterocycles. The summed E-state index contributed by atoms with van der Waals surface area (Å²) in [5.41, 5.74) is 0.606. The standard InChI is InChI=1S/C14H28N2/c1-14(2)8-6-12(7-9-14)16-10-4-5-13(16)11-15-3/h12-13,15H,4-11H2,1-3H3. The first-order valence-electron chi connectivity index (χ1n) is 7.03. The van der Waals surface area contributed by atoms with E-state index in [0.29, 0.717) is 5.41 Å². The molecule has 0 spiro atoms. The number of rotatable bonds is 3. The van der Waals surface area contributed by atoms with Crippen LogP contribution >= 0.6 is 0 Å². The molecule has 0 aromatic rings. The Morgan fingerprint density at radius 2 is 1.88 bits per heavy atom. The molecule has 1 atom stereocenters. The van der Waals surface area contributed by atoms with E-state index in [2.05, 4.69) is 31.1 Å². The van der Waals surface area contributed by atoms with Gasteiger partial charge in [0, 0.05) is 18.6 Å². The molecular weight excluding hydrogens is 196 g/mol. The van der Waals surface area contributed by atoms with Gasteiger partial charge in [-0.2, -0.15) is 0 Å². The van der Waals surface area contributed by atoms with Crippen LogP contribution in [0.2, 0.25) is 0 Å². The van der Waals surface area contributed by atoms with Crippen LogP contribution < -0.4 is 5.32 Å². The molecule has 0 aromatic heterocycles. The number of hydrogen-bond donors (Lipinski definition) is 1. The summed E-state index contributed by atoms with van der Waals surface area (Å²) >= 11 is 0. The Balaban J connectivity index is 1.88. The molecule has 2 rings (SSSR count). The van der Waals surface area contributed by atoms with E-state index in [1.165, 1.54) is 51.6 Å². The Kier molecular flexibility index (Phi) is 3.91. The highest BCUT2D eigenvalue weighted by Gasteiger charge is 2.34. The zero-order valence-electron chi connectivity index (χ0n) is 11.3. The van der Waals surface area contributed by atoms with E-state index >= 15 is 0 Å². The molecule has 0 radical (unpaired) electrons. The predicted molar refractivity (Wildman–Crippen MR) is 69.7 cm³/mol. The highest BCUT2D eigenvalue weighted by molar-refractivity contribution is 4.90. The van der Waals surface area contributed by atoms with Gasteiger partial charge in [0.1, 0.15) is 0 Å². The summed E-state index contributed by atoms with van der Waals surface area (Å²) in [5, 5.41) is 3.35. The van der Waals surface area contributed by atoms with Crippen LogP contribution in [0.15, 0.2) is 0 Å². The van der Waals surface area contributed by atoms with Crippen LogP contribution in [0.4, 0.5) is 0 Å². The van der Waals surface area contributed by atoms with Gasteiger partial charge >= 0.3 is 0 Å². The Labute approximate surface area is 101 Å². The number of nitrogens with zero attached hydrogens (tertiary/aromatic N) is 1. The number of hydrogen-bond acceptors (Lipinski definition) is 2. The van der Waals surface area contributed by atoms with Crippen molar-refractivity contribution in [3.8, 4) is 0 Å². The van der Waals surface area contributed by atoms with Gasteiger partial charge in [0.2, 0.25) is 0 Å². The van der Waals surface area contributed by atoms with E-state index in [9.17, 15) is 0 Å². The van der Waals surface area contributed by atoms with Crippen molar-refractivity contribution in [3.63, 3.8) is 0 Å². The lowest BCUT2D eigenvalue weighted by Gasteiger charge is -2.41. The van der Waals surface area contributed by atoms with Crippen molar-refractivity contribution in [3.05, 3.63) is 0 Å². The molecule has 0 bridgehead atoms. The highest BCUT2D eigenvalue weighted by atomic mass is 15.2. The molecule has 1 unspecified atom stereocenters. The zero-order chi connectivity index (χ0) is 11.6. The highest BCUT2D eigenvalue weighted by Crippen LogP contribution is 2.38. The molecule has 94 valence electrons. The van der Waals surface area contributed by atoms with Crippen molar-refractivity contribution in [2.24, 2.45) is 5.41 Å². The Morgan fingerprint density at radius 3 is 2.50 bits per heavy atom. The smallest absolute Gasteiger partial charge is 0.0223 e. The topological polar surface area (TPSA) is 15.3 Å². The van der Waals surface area contributed by atoms with Gasteiger partial charge < -0.3 is 5.32 Å². The predicted octanol–water partition coefficient (Wildman–Crippen LogP) is 2.64. The molecular formula is C14H28N2. The Bertz CT molecular complexity index is 215. The van der Waals surface area contributed by atoms with Gasteiger partial charge in [-0.25, -0.2) is 0 Å². The summed E-state index contributed by atoms with van der Waals surface area (Å²) in [6.45, 7) is 7.38. The second kappa shape index (κ2) is 5.05. The molecule has 0 aromatic carbocycles. The third kappa shape index (κ3) is 2.78. The molecule has 2 heteroatoms. The number of likely N-dealkylation sites (tertiary alicyclic amines) is 1. The van der Waals surface area contributed by atoms with Gasteiger partial charge in [-0.3, -0.25) is 4.90 Å². The maximum Gasteiger partial charge on any atom is 0.0223 e. The van der Waals surface area contributed by atoms with Gasteiger partial charge in [-0.05, 0) is 57.5 Å². The minimum Gasteiger partial charge on any atom is -0.318 e. The summed E-state index contributed by atoms with van der Waals surface area (Å²) in [6.07, 6.45) is 8.49. The van der Waals surface area contributed by atoms with E-state index in [1.54, 1.807) is 0 Å². The van der Waals surface area contributed by atoms with Crippen molar-refractivity contribution in [2.75, 3.05) is 20.1 Å². The fraction of sp³-hybridized carbons (Fsp3) is 1.00. The maximum atomic E-state index is 3.35. The molecule has 1 N–H and O–H groups in total. The van der Waals surface area contributed by atoms with Crippen LogP contribution in [-0.2, 0) is 0 Å². The van der Waals surface area contributed by atoms with Crippen LogP contribution in [0.1, 0.15) is 52.4 Å². The summed E-state index contributed by atoms with van der Waals surface area (Å²) in [7, 11) is 2.08. The van der Waals surface area contributed by atoms with Gasteiger partial charge in [-0.15, -0.1) is 0 Å². The molecule has 2 aliphatic rings. The van der Waals surface area contributed by atoms with Crippen LogP contribution in [0.3, 0.4) is 0 Å². The van der Waals surface area contributed by atoms with Crippen molar-refractivity contribution in [1.82, 2.24) is 10.2 Å². The molecule has 16 heavy (non-hydrogen) atoms. The van der Waals surface area contributed by atoms with Crippen molar-refractivity contribution < 1.29 is 0 Å². The molecule has 2 nitrogen and oxygen atoms in total. The van der Waals surface area contributed by atoms with Crippen molar-refractivity contribution >= 4 is 0 Å². The molecule has 1 saturated heterocycles. The van der Waals surface area contributed by atoms with Gasteiger partial charge in [0.25, 0.3) is 0 Å². The van der Waals surface area contributed by atoms with E-state index in [4.69, 9.17) is 0 Å². The quantitative estimate of drug-likeness (QED) is 0.793. The maximum absolute atomic E-state index is 3.35. The molecule has 1 aliphatic carbocycles. The van der Waals surface area contributed by atoms with Gasteiger partial charge in [-0.1, -0.05) is 13.8 Å². The van der Waals surface area contributed by atoms with E-state index in [-0.39, 0.29) is 0 Å². The molecule has 0 amide bonds. The second-order valence-corrected chi connectivity index (χ2v) is 6.49. The van der Waals surface area contributed by atoms with Crippen LogP contribution in [-0.4, -0.2) is 37.1 Å². The SMILES string of the molecule is CNCC1CCCN1C1CCC(C)(C)CC1. The molecule has 2 fully saturated rings. The summed E-state index contributed by atoms with van der Waals surface area (Å²) < 4.78 is 0. The first kappa shape index (κ1) is 12.4. The summed E-state index contributed by atoms with van der Waals surface area (Å²) in [6, 6.07) is 1.70. The average Bonchev–Trinajstić information content (AvgIpc) is 2.67. The normalized spacial score (nSPS) is 32.1. The minimum absolute atomic E-state index is 0.606. The van der Waals surface area contributed by atoms with Crippen LogP contribution in [0.25, 0.3) is 0 Å². The minimum atomic E-state index is 0.606. The fourth-order valence-corrected chi connectivity index (χ4v) is 3.51. The lowest BCUT2D eigenvalue weighted by Crippen LogP contribution is -2.45. The third-order valence-corrected chi connectivity index (χ3v) is 4.64. The van der Waals surface area contributed by atoms with Crippen molar-refractivity contribution in [1.29, 1.82) is 0 Å². The van der Waals surface area contributed by atoms with E-state index in [0.717, 1.165) is 12.1 Å². The summed E-state index contributed by atoms with van der Waals surface area (Å²) in [4.78, 5) is 2.80. The Morgan fingerprint density at radius 1 is 1.19 bits per heavy atom. The molecule has 1 saturated carbocycles. The van der Waals surface area contributed by atoms with Crippen LogP contribution in [0.5, 0.6) is 0 Å². The number of likely N-dealkylation sites (N-methyl/N-ethyl adjacent to an activating group) is 1. The Hall–Kier alpha value is -0.0800. The largest absolute Gasteiger partial charge is 0.318 e. The number of nitrogens with one attached hydrogen (secondary N) is 1. The average molecular weight is 224 g/mol. The second-order valence-electron chi connectivity index (χ2n) is 6.49. The monoisotopic (exact) mass is 224 g/mol. The van der Waals surface area contributed by atoms with Gasteiger partial charge in [0.15, 0.2) is 0 Å². The van der Waals surface area contributed by atoms with Gasteiger partial charge in [0.05, 0.1) is 0 Å². The summed E-state index contributed by atoms with van der Waals surface area (Å²) in [5.74, 6) is 0. The van der Waals surface area contributed by atoms with E-state index in [1.807, 2.05) is 0 Å². The lowest BCUT2D eigenvalue weighted by molar-refractivity contribution is 0.0971. The van der Waals surface area contributed by atoms with Crippen LogP contribution in [0, 0.1) is 5.41 Å². The van der Waals surface area contributed by atoms with Crippen molar-refractivity contribution in [2.45, 2.75) is 64.5 Å².